The lowest BCUT2D eigenvalue weighted by atomic mass is 9.91. The van der Waals surface area contributed by atoms with Crippen molar-refractivity contribution >= 4 is 0 Å². The molecule has 0 amide bonds. The van der Waals surface area contributed by atoms with Gasteiger partial charge < -0.3 is 11.1 Å². The van der Waals surface area contributed by atoms with E-state index in [1.54, 1.807) is 0 Å². The Hall–Kier alpha value is -0.0800. The van der Waals surface area contributed by atoms with E-state index in [4.69, 9.17) is 5.73 Å². The van der Waals surface area contributed by atoms with Crippen LogP contribution in [-0.2, 0) is 0 Å². The van der Waals surface area contributed by atoms with E-state index in [1.165, 1.54) is 51.4 Å². The van der Waals surface area contributed by atoms with Crippen molar-refractivity contribution in [1.82, 2.24) is 5.32 Å². The molecule has 15 heavy (non-hydrogen) atoms. The van der Waals surface area contributed by atoms with Crippen LogP contribution in [0.2, 0.25) is 0 Å². The minimum atomic E-state index is 0.481. The molecule has 0 radical (unpaired) electrons. The smallest absolute Gasteiger partial charge is 0.00723 e. The number of hydrogen-bond donors (Lipinski definition) is 2. The Morgan fingerprint density at radius 3 is 2.27 bits per heavy atom. The van der Waals surface area contributed by atoms with Crippen LogP contribution in [0.3, 0.4) is 0 Å². The van der Waals surface area contributed by atoms with Gasteiger partial charge in [-0.15, -0.1) is 0 Å². The summed E-state index contributed by atoms with van der Waals surface area (Å²) in [6, 6.07) is 2.06. The lowest BCUT2D eigenvalue weighted by Gasteiger charge is -2.29. The molecule has 2 atom stereocenters. The third-order valence-electron chi connectivity index (χ3n) is 4.36. The predicted molar refractivity (Wildman–Crippen MR) is 64.8 cm³/mol. The van der Waals surface area contributed by atoms with Crippen LogP contribution in [0.15, 0.2) is 0 Å². The molecule has 2 aliphatic rings. The number of nitrogens with one attached hydrogen (secondary N) is 1. The fourth-order valence-corrected chi connectivity index (χ4v) is 3.22. The first-order chi connectivity index (χ1) is 7.28. The van der Waals surface area contributed by atoms with E-state index < -0.39 is 0 Å². The van der Waals surface area contributed by atoms with Crippen molar-refractivity contribution in [3.05, 3.63) is 0 Å². The van der Waals surface area contributed by atoms with Crippen molar-refractivity contribution in [2.45, 2.75) is 76.4 Å². The van der Waals surface area contributed by atoms with Crippen molar-refractivity contribution < 1.29 is 0 Å². The summed E-state index contributed by atoms with van der Waals surface area (Å²) in [4.78, 5) is 0. The van der Waals surface area contributed by atoms with Gasteiger partial charge in [0, 0.05) is 18.1 Å². The van der Waals surface area contributed by atoms with Gasteiger partial charge in [0.15, 0.2) is 0 Å². The van der Waals surface area contributed by atoms with Gasteiger partial charge in [-0.3, -0.25) is 0 Å². The van der Waals surface area contributed by atoms with Crippen LogP contribution in [-0.4, -0.2) is 18.1 Å². The van der Waals surface area contributed by atoms with E-state index in [-0.39, 0.29) is 0 Å². The molecule has 2 aliphatic carbocycles. The van der Waals surface area contributed by atoms with E-state index in [1.807, 2.05) is 0 Å². The van der Waals surface area contributed by atoms with Crippen LogP contribution in [0.5, 0.6) is 0 Å². The quantitative estimate of drug-likeness (QED) is 0.751. The van der Waals surface area contributed by atoms with E-state index in [0.29, 0.717) is 6.04 Å². The second kappa shape index (κ2) is 5.31. The first kappa shape index (κ1) is 11.4. The molecule has 2 heteroatoms. The Morgan fingerprint density at radius 1 is 1.00 bits per heavy atom. The first-order valence-electron chi connectivity index (χ1n) is 6.79. The SMILES string of the molecule is CCC1CCC(NC2CCC(N)CC2)C1. The molecule has 3 N–H and O–H groups in total. The van der Waals surface area contributed by atoms with Gasteiger partial charge in [0.2, 0.25) is 0 Å². The topological polar surface area (TPSA) is 38.0 Å². The summed E-state index contributed by atoms with van der Waals surface area (Å²) >= 11 is 0. The molecule has 0 heterocycles. The van der Waals surface area contributed by atoms with Gasteiger partial charge in [0.05, 0.1) is 0 Å². The lowest BCUT2D eigenvalue weighted by Crippen LogP contribution is -2.41. The van der Waals surface area contributed by atoms with E-state index in [9.17, 15) is 0 Å². The van der Waals surface area contributed by atoms with Crippen molar-refractivity contribution in [2.24, 2.45) is 11.7 Å². The van der Waals surface area contributed by atoms with Crippen molar-refractivity contribution in [2.75, 3.05) is 0 Å². The van der Waals surface area contributed by atoms with Crippen LogP contribution in [0, 0.1) is 5.92 Å². The molecule has 0 aliphatic heterocycles. The van der Waals surface area contributed by atoms with Crippen molar-refractivity contribution in [1.29, 1.82) is 0 Å². The second-order valence-corrected chi connectivity index (χ2v) is 5.56. The third-order valence-corrected chi connectivity index (χ3v) is 4.36. The molecule has 2 unspecified atom stereocenters. The Labute approximate surface area is 94.0 Å². The molecule has 2 nitrogen and oxygen atoms in total. The second-order valence-electron chi connectivity index (χ2n) is 5.56. The molecule has 0 spiro atoms. The molecular formula is C13H26N2. The molecule has 0 aromatic carbocycles. The lowest BCUT2D eigenvalue weighted by molar-refractivity contribution is 0.311. The summed E-state index contributed by atoms with van der Waals surface area (Å²) in [6.07, 6.45) is 10.7. The van der Waals surface area contributed by atoms with Gasteiger partial charge in [-0.25, -0.2) is 0 Å². The van der Waals surface area contributed by atoms with Crippen molar-refractivity contribution in [3.8, 4) is 0 Å². The highest BCUT2D eigenvalue weighted by atomic mass is 15.0. The molecule has 0 bridgehead atoms. The highest BCUT2D eigenvalue weighted by Crippen LogP contribution is 2.29. The predicted octanol–water partition coefficient (Wildman–Crippen LogP) is 2.42. The zero-order chi connectivity index (χ0) is 10.7. The number of hydrogen-bond acceptors (Lipinski definition) is 2. The number of rotatable bonds is 3. The van der Waals surface area contributed by atoms with Gasteiger partial charge in [0.1, 0.15) is 0 Å². The number of nitrogens with two attached hydrogens (primary N) is 1. The van der Waals surface area contributed by atoms with Crippen LogP contribution in [0.25, 0.3) is 0 Å². The molecule has 0 aromatic heterocycles. The van der Waals surface area contributed by atoms with E-state index in [0.717, 1.165) is 18.0 Å². The van der Waals surface area contributed by atoms with Crippen LogP contribution in [0.1, 0.15) is 58.3 Å². The minimum absolute atomic E-state index is 0.481. The zero-order valence-corrected chi connectivity index (χ0v) is 10.0. The van der Waals surface area contributed by atoms with Gasteiger partial charge in [-0.05, 0) is 50.9 Å². The van der Waals surface area contributed by atoms with Crippen LogP contribution >= 0.6 is 0 Å². The fourth-order valence-electron chi connectivity index (χ4n) is 3.22. The summed E-state index contributed by atoms with van der Waals surface area (Å²) in [5.74, 6) is 0.994. The summed E-state index contributed by atoms with van der Waals surface area (Å²) in [5, 5.41) is 3.85. The maximum absolute atomic E-state index is 5.92. The Kier molecular flexibility index (Phi) is 4.04. The summed E-state index contributed by atoms with van der Waals surface area (Å²) < 4.78 is 0. The molecule has 2 rings (SSSR count). The highest BCUT2D eigenvalue weighted by molar-refractivity contribution is 4.86. The monoisotopic (exact) mass is 210 g/mol. The Bertz CT molecular complexity index is 185. The Balaban J connectivity index is 1.69. The average Bonchev–Trinajstić information content (AvgIpc) is 2.69. The molecule has 88 valence electrons. The van der Waals surface area contributed by atoms with Gasteiger partial charge in [0.25, 0.3) is 0 Å². The standard InChI is InChI=1S/C13H26N2/c1-2-10-3-6-13(9-10)15-12-7-4-11(14)5-8-12/h10-13,15H,2-9,14H2,1H3. The fraction of sp³-hybridized carbons (Fsp3) is 1.00. The summed E-state index contributed by atoms with van der Waals surface area (Å²) in [5.41, 5.74) is 5.92. The third kappa shape index (κ3) is 3.18. The highest BCUT2D eigenvalue weighted by Gasteiger charge is 2.26. The van der Waals surface area contributed by atoms with E-state index >= 15 is 0 Å². The van der Waals surface area contributed by atoms with Gasteiger partial charge >= 0.3 is 0 Å². The Morgan fingerprint density at radius 2 is 1.67 bits per heavy atom. The first-order valence-corrected chi connectivity index (χ1v) is 6.79. The maximum atomic E-state index is 5.92. The molecule has 0 saturated heterocycles. The molecule has 0 aromatic rings. The van der Waals surface area contributed by atoms with Crippen LogP contribution < -0.4 is 11.1 Å². The van der Waals surface area contributed by atoms with Gasteiger partial charge in [-0.2, -0.15) is 0 Å². The van der Waals surface area contributed by atoms with E-state index in [2.05, 4.69) is 12.2 Å². The maximum Gasteiger partial charge on any atom is 0.00723 e. The molecule has 2 fully saturated rings. The van der Waals surface area contributed by atoms with Crippen molar-refractivity contribution in [3.63, 3.8) is 0 Å². The summed E-state index contributed by atoms with van der Waals surface area (Å²) in [6.45, 7) is 2.33. The zero-order valence-electron chi connectivity index (χ0n) is 10.0. The minimum Gasteiger partial charge on any atom is -0.328 e. The molecular weight excluding hydrogens is 184 g/mol. The van der Waals surface area contributed by atoms with Crippen LogP contribution in [0.4, 0.5) is 0 Å². The normalized spacial score (nSPS) is 42.0. The summed E-state index contributed by atoms with van der Waals surface area (Å²) in [7, 11) is 0. The largest absolute Gasteiger partial charge is 0.328 e. The average molecular weight is 210 g/mol. The molecule has 2 saturated carbocycles. The van der Waals surface area contributed by atoms with Gasteiger partial charge in [-0.1, -0.05) is 13.3 Å².